The number of ether oxygens (including phenoxy) is 2. The van der Waals surface area contributed by atoms with Crippen molar-refractivity contribution in [3.8, 4) is 11.8 Å². The Morgan fingerprint density at radius 1 is 1.48 bits per heavy atom. The molecule has 0 saturated carbocycles. The van der Waals surface area contributed by atoms with Crippen molar-refractivity contribution in [1.82, 2.24) is 4.90 Å². The second-order valence-corrected chi connectivity index (χ2v) is 6.81. The standard InChI is InChI=1S/C17H21N3O5/c1-17(2,3)25-16(21)19-9-5-8-14(19)15(11-18)24-13-7-4-6-12(10-13)20(22)23/h4,6-7,10,14-15H,5,8-9H2,1-3H3. The van der Waals surface area contributed by atoms with Crippen molar-refractivity contribution in [3.05, 3.63) is 34.4 Å². The minimum atomic E-state index is -0.933. The summed E-state index contributed by atoms with van der Waals surface area (Å²) >= 11 is 0. The summed E-state index contributed by atoms with van der Waals surface area (Å²) in [5, 5.41) is 20.3. The topological polar surface area (TPSA) is 106 Å². The molecular weight excluding hydrogens is 326 g/mol. The Morgan fingerprint density at radius 2 is 2.20 bits per heavy atom. The summed E-state index contributed by atoms with van der Waals surface area (Å²) in [7, 11) is 0. The summed E-state index contributed by atoms with van der Waals surface area (Å²) in [6.07, 6.45) is -0.0813. The maximum atomic E-state index is 12.3. The Balaban J connectivity index is 2.14. The Hall–Kier alpha value is -2.82. The molecule has 2 rings (SSSR count). The van der Waals surface area contributed by atoms with Gasteiger partial charge in [-0.1, -0.05) is 6.07 Å². The number of nitro groups is 1. The number of hydrogen-bond acceptors (Lipinski definition) is 6. The van der Waals surface area contributed by atoms with E-state index in [2.05, 4.69) is 0 Å². The summed E-state index contributed by atoms with van der Waals surface area (Å²) in [6, 6.07) is 7.23. The van der Waals surface area contributed by atoms with E-state index in [9.17, 15) is 20.2 Å². The Bertz CT molecular complexity index is 692. The molecule has 0 radical (unpaired) electrons. The summed E-state index contributed by atoms with van der Waals surface area (Å²) < 4.78 is 11.0. The first kappa shape index (κ1) is 18.5. The van der Waals surface area contributed by atoms with Crippen LogP contribution in [0.1, 0.15) is 33.6 Å². The first-order valence-corrected chi connectivity index (χ1v) is 8.01. The van der Waals surface area contributed by atoms with Gasteiger partial charge in [-0.25, -0.2) is 4.79 Å². The summed E-state index contributed by atoms with van der Waals surface area (Å²) in [4.78, 5) is 24.2. The zero-order valence-electron chi connectivity index (χ0n) is 14.5. The van der Waals surface area contributed by atoms with Crippen molar-refractivity contribution in [2.24, 2.45) is 0 Å². The fourth-order valence-corrected chi connectivity index (χ4v) is 2.66. The zero-order chi connectivity index (χ0) is 18.6. The molecule has 0 aliphatic carbocycles. The van der Waals surface area contributed by atoms with Crippen LogP contribution in [0.15, 0.2) is 24.3 Å². The van der Waals surface area contributed by atoms with Crippen LogP contribution in [0.25, 0.3) is 0 Å². The number of carbonyl (C=O) groups is 1. The lowest BCUT2D eigenvalue weighted by Crippen LogP contribution is -2.46. The van der Waals surface area contributed by atoms with E-state index in [0.29, 0.717) is 13.0 Å². The number of rotatable bonds is 4. The lowest BCUT2D eigenvalue weighted by Gasteiger charge is -2.30. The van der Waals surface area contributed by atoms with Gasteiger partial charge in [-0.3, -0.25) is 10.1 Å². The number of non-ortho nitro benzene ring substituents is 1. The van der Waals surface area contributed by atoms with Gasteiger partial charge in [0.05, 0.1) is 17.0 Å². The number of benzene rings is 1. The van der Waals surface area contributed by atoms with Crippen LogP contribution in [0, 0.1) is 21.4 Å². The molecule has 0 spiro atoms. The molecule has 1 aliphatic heterocycles. The maximum absolute atomic E-state index is 12.3. The molecule has 1 aromatic carbocycles. The quantitative estimate of drug-likeness (QED) is 0.611. The Labute approximate surface area is 146 Å². The van der Waals surface area contributed by atoms with Gasteiger partial charge in [0.2, 0.25) is 6.10 Å². The highest BCUT2D eigenvalue weighted by Crippen LogP contribution is 2.27. The fourth-order valence-electron chi connectivity index (χ4n) is 2.66. The van der Waals surface area contributed by atoms with Crippen LogP contribution in [0.3, 0.4) is 0 Å². The van der Waals surface area contributed by atoms with Crippen LogP contribution < -0.4 is 4.74 Å². The van der Waals surface area contributed by atoms with Crippen molar-refractivity contribution in [2.75, 3.05) is 6.54 Å². The molecular formula is C17H21N3O5. The molecule has 0 N–H and O–H groups in total. The number of nitriles is 1. The molecule has 2 unspecified atom stereocenters. The Morgan fingerprint density at radius 3 is 2.80 bits per heavy atom. The summed E-state index contributed by atoms with van der Waals surface area (Å²) in [5.74, 6) is 0.219. The van der Waals surface area contributed by atoms with Gasteiger partial charge >= 0.3 is 6.09 Å². The fraction of sp³-hybridized carbons (Fsp3) is 0.529. The molecule has 1 aromatic rings. The van der Waals surface area contributed by atoms with Crippen LogP contribution in [0.4, 0.5) is 10.5 Å². The van der Waals surface area contributed by atoms with E-state index in [4.69, 9.17) is 9.47 Å². The zero-order valence-corrected chi connectivity index (χ0v) is 14.5. The SMILES string of the molecule is CC(C)(C)OC(=O)N1CCCC1C(C#N)Oc1cccc([N+](=O)[O-])c1. The number of hydrogen-bond donors (Lipinski definition) is 0. The molecule has 25 heavy (non-hydrogen) atoms. The van der Waals surface area contributed by atoms with Gasteiger partial charge in [0.15, 0.2) is 0 Å². The van der Waals surface area contributed by atoms with Crippen molar-refractivity contribution >= 4 is 11.8 Å². The van der Waals surface area contributed by atoms with Crippen molar-refractivity contribution in [3.63, 3.8) is 0 Å². The number of nitro benzene ring substituents is 1. The maximum Gasteiger partial charge on any atom is 0.410 e. The van der Waals surface area contributed by atoms with E-state index in [1.807, 2.05) is 6.07 Å². The van der Waals surface area contributed by atoms with Gasteiger partial charge in [0, 0.05) is 12.6 Å². The molecule has 1 heterocycles. The second-order valence-electron chi connectivity index (χ2n) is 6.81. The minimum absolute atomic E-state index is 0.121. The Kier molecular flexibility index (Phi) is 5.47. The van der Waals surface area contributed by atoms with Crippen LogP contribution >= 0.6 is 0 Å². The van der Waals surface area contributed by atoms with Crippen LogP contribution in [-0.2, 0) is 4.74 Å². The normalized spacial score (nSPS) is 18.3. The van der Waals surface area contributed by atoms with Crippen molar-refractivity contribution in [1.29, 1.82) is 5.26 Å². The van der Waals surface area contributed by atoms with Gasteiger partial charge in [0.1, 0.15) is 17.4 Å². The molecule has 1 fully saturated rings. The lowest BCUT2D eigenvalue weighted by molar-refractivity contribution is -0.384. The van der Waals surface area contributed by atoms with Gasteiger partial charge in [0.25, 0.3) is 5.69 Å². The van der Waals surface area contributed by atoms with E-state index in [0.717, 1.165) is 6.42 Å². The molecule has 8 heteroatoms. The highest BCUT2D eigenvalue weighted by molar-refractivity contribution is 5.69. The summed E-state index contributed by atoms with van der Waals surface area (Å²) in [5.41, 5.74) is -0.752. The number of carbonyl (C=O) groups excluding carboxylic acids is 1. The predicted octanol–water partition coefficient (Wildman–Crippen LogP) is 3.27. The highest BCUT2D eigenvalue weighted by Gasteiger charge is 2.38. The van der Waals surface area contributed by atoms with E-state index in [1.54, 1.807) is 26.8 Å². The van der Waals surface area contributed by atoms with E-state index < -0.39 is 28.8 Å². The summed E-state index contributed by atoms with van der Waals surface area (Å²) in [6.45, 7) is 5.81. The third kappa shape index (κ3) is 4.83. The predicted molar refractivity (Wildman–Crippen MR) is 89.1 cm³/mol. The minimum Gasteiger partial charge on any atom is -0.473 e. The molecule has 8 nitrogen and oxygen atoms in total. The third-order valence-electron chi connectivity index (χ3n) is 3.70. The molecule has 0 aromatic heterocycles. The monoisotopic (exact) mass is 347 g/mol. The van der Waals surface area contributed by atoms with Crippen molar-refractivity contribution < 1.29 is 19.2 Å². The molecule has 1 aliphatic rings. The number of amides is 1. The van der Waals surface area contributed by atoms with Crippen LogP contribution in [-0.4, -0.2) is 40.2 Å². The van der Waals surface area contributed by atoms with Gasteiger partial charge in [-0.2, -0.15) is 5.26 Å². The molecule has 0 bridgehead atoms. The smallest absolute Gasteiger partial charge is 0.410 e. The average molecular weight is 347 g/mol. The van der Waals surface area contributed by atoms with E-state index >= 15 is 0 Å². The van der Waals surface area contributed by atoms with Gasteiger partial charge < -0.3 is 14.4 Å². The van der Waals surface area contributed by atoms with Crippen molar-refractivity contribution in [2.45, 2.75) is 51.4 Å². The molecule has 2 atom stereocenters. The molecule has 134 valence electrons. The second kappa shape index (κ2) is 7.38. The first-order valence-electron chi connectivity index (χ1n) is 8.01. The van der Waals surface area contributed by atoms with E-state index in [1.165, 1.54) is 23.1 Å². The van der Waals surface area contributed by atoms with Crippen LogP contribution in [0.2, 0.25) is 0 Å². The molecule has 1 saturated heterocycles. The molecule has 1 amide bonds. The largest absolute Gasteiger partial charge is 0.473 e. The lowest BCUT2D eigenvalue weighted by atomic mass is 10.1. The average Bonchev–Trinajstić information content (AvgIpc) is 3.00. The third-order valence-corrected chi connectivity index (χ3v) is 3.70. The number of nitrogens with zero attached hydrogens (tertiary/aromatic N) is 3. The van der Waals surface area contributed by atoms with Gasteiger partial charge in [-0.15, -0.1) is 0 Å². The number of likely N-dealkylation sites (tertiary alicyclic amines) is 1. The first-order chi connectivity index (χ1) is 11.7. The van der Waals surface area contributed by atoms with Gasteiger partial charge in [-0.05, 0) is 39.7 Å². The van der Waals surface area contributed by atoms with Crippen LogP contribution in [0.5, 0.6) is 5.75 Å². The highest BCUT2D eigenvalue weighted by atomic mass is 16.6. The van der Waals surface area contributed by atoms with E-state index in [-0.39, 0.29) is 11.4 Å².